The van der Waals surface area contributed by atoms with E-state index in [-0.39, 0.29) is 49.3 Å². The molecule has 0 unspecified atom stereocenters. The fourth-order valence-corrected chi connectivity index (χ4v) is 6.45. The number of benzene rings is 2. The molecule has 4 amide bonds. The standard InChI is InChI=1S/C46H62N4O12/c1-7-12-15-20-34(37(10-4)50(30-51)62-45(56)33-19-17-16-18-31(33)6)42(53)47-29-48-44(55)39-24-23-38(61-39)32-21-22-35(40(27-32)58-11-5)43(54)49-36(46(57)60-26-14-9-3)28-41(52)59-25-13-8-2/h16-19,21-24,27,30,34,36-37H,7-15,20,25-26,28-29H2,1-6H3,(H,47,53)(H,48,55)(H,49,54)/t34-,36+,37-/m1/s1. The molecule has 0 aliphatic rings. The lowest BCUT2D eigenvalue weighted by atomic mass is 9.90. The number of nitrogens with one attached hydrogen (secondary N) is 3. The first kappa shape index (κ1) is 50.2. The van der Waals surface area contributed by atoms with Gasteiger partial charge in [0.2, 0.25) is 12.3 Å². The van der Waals surface area contributed by atoms with Crippen molar-refractivity contribution in [1.29, 1.82) is 0 Å². The van der Waals surface area contributed by atoms with E-state index in [0.717, 1.165) is 30.7 Å². The van der Waals surface area contributed by atoms with Crippen LogP contribution < -0.4 is 20.7 Å². The van der Waals surface area contributed by atoms with E-state index in [1.165, 1.54) is 12.1 Å². The van der Waals surface area contributed by atoms with Crippen LogP contribution in [0.5, 0.6) is 5.75 Å². The fraction of sp³-hybridized carbons (Fsp3) is 0.500. The third kappa shape index (κ3) is 15.4. The predicted molar refractivity (Wildman–Crippen MR) is 230 cm³/mol. The number of esters is 2. The van der Waals surface area contributed by atoms with Gasteiger partial charge in [-0.05, 0) is 75.4 Å². The molecule has 0 aliphatic carbocycles. The van der Waals surface area contributed by atoms with E-state index in [2.05, 4.69) is 16.0 Å². The average Bonchev–Trinajstić information content (AvgIpc) is 3.76. The highest BCUT2D eigenvalue weighted by molar-refractivity contribution is 6.00. The first-order valence-corrected chi connectivity index (χ1v) is 21.5. The summed E-state index contributed by atoms with van der Waals surface area (Å²) in [6.07, 6.45) is 6.02. The maximum absolute atomic E-state index is 13.6. The van der Waals surface area contributed by atoms with Crippen LogP contribution in [0.25, 0.3) is 11.3 Å². The van der Waals surface area contributed by atoms with Crippen LogP contribution in [0.15, 0.2) is 59.0 Å². The van der Waals surface area contributed by atoms with Gasteiger partial charge in [-0.1, -0.05) is 84.1 Å². The maximum atomic E-state index is 13.6. The molecule has 0 radical (unpaired) electrons. The summed E-state index contributed by atoms with van der Waals surface area (Å²) < 4.78 is 22.2. The van der Waals surface area contributed by atoms with Crippen molar-refractivity contribution in [3.05, 3.63) is 77.0 Å². The molecule has 0 fully saturated rings. The number of nitrogens with zero attached hydrogens (tertiary/aromatic N) is 1. The number of ether oxygens (including phenoxy) is 3. The topological polar surface area (TPSA) is 209 Å². The number of aryl methyl sites for hydroxylation is 1. The van der Waals surface area contributed by atoms with Gasteiger partial charge >= 0.3 is 17.9 Å². The van der Waals surface area contributed by atoms with Gasteiger partial charge in [0, 0.05) is 5.56 Å². The summed E-state index contributed by atoms with van der Waals surface area (Å²) in [6.45, 7) is 11.5. The molecule has 0 bridgehead atoms. The normalized spacial score (nSPS) is 12.2. The van der Waals surface area contributed by atoms with Gasteiger partial charge < -0.3 is 39.4 Å². The molecule has 0 aliphatic heterocycles. The molecule has 16 nitrogen and oxygen atoms in total. The third-order valence-corrected chi connectivity index (χ3v) is 9.94. The summed E-state index contributed by atoms with van der Waals surface area (Å²) in [5.74, 6) is -4.25. The van der Waals surface area contributed by atoms with Crippen LogP contribution in [0, 0.1) is 12.8 Å². The third-order valence-electron chi connectivity index (χ3n) is 9.94. The van der Waals surface area contributed by atoms with E-state index in [1.807, 2.05) is 20.8 Å². The van der Waals surface area contributed by atoms with Gasteiger partial charge in [0.1, 0.15) is 17.6 Å². The molecule has 3 N–H and O–H groups in total. The molecule has 0 saturated carbocycles. The van der Waals surface area contributed by atoms with E-state index < -0.39 is 60.1 Å². The average molecular weight is 863 g/mol. The van der Waals surface area contributed by atoms with Crippen molar-refractivity contribution in [1.82, 2.24) is 21.0 Å². The summed E-state index contributed by atoms with van der Waals surface area (Å²) >= 11 is 0. The number of carbonyl (C=O) groups excluding carboxylic acids is 7. The highest BCUT2D eigenvalue weighted by atomic mass is 16.7. The van der Waals surface area contributed by atoms with Crippen LogP contribution in [0.1, 0.15) is 136 Å². The maximum Gasteiger partial charge on any atom is 0.363 e. The minimum atomic E-state index is -1.29. The zero-order valence-corrected chi connectivity index (χ0v) is 36.8. The van der Waals surface area contributed by atoms with Crippen LogP contribution in [0.2, 0.25) is 0 Å². The molecular formula is C46H62N4O12. The van der Waals surface area contributed by atoms with Gasteiger partial charge in [0.25, 0.3) is 11.8 Å². The minimum absolute atomic E-state index is 0.0644. The Hall–Kier alpha value is -6.19. The minimum Gasteiger partial charge on any atom is -0.493 e. The summed E-state index contributed by atoms with van der Waals surface area (Å²) in [4.78, 5) is 96.5. The van der Waals surface area contributed by atoms with Crippen LogP contribution in [-0.2, 0) is 33.5 Å². The highest BCUT2D eigenvalue weighted by Gasteiger charge is 2.34. The van der Waals surface area contributed by atoms with Gasteiger partial charge in [-0.2, -0.15) is 5.06 Å². The Bertz CT molecular complexity index is 1950. The second kappa shape index (κ2) is 26.9. The molecule has 2 aromatic carbocycles. The number of carbonyl (C=O) groups is 7. The Balaban J connectivity index is 1.71. The molecule has 16 heteroatoms. The molecule has 3 rings (SSSR count). The number of hydroxylamine groups is 2. The SMILES string of the molecule is CCCCC[C@@H](C(=O)NCNC(=O)c1ccc(-c2ccc(C(=O)N[C@@H](CC(=O)OCCCC)C(=O)OCCCC)c(OCC)c2)o1)[C@@H](CC)N(C=O)OC(=O)c1ccccc1C. The summed E-state index contributed by atoms with van der Waals surface area (Å²) in [7, 11) is 0. The van der Waals surface area contributed by atoms with Gasteiger partial charge in [-0.3, -0.25) is 24.0 Å². The summed E-state index contributed by atoms with van der Waals surface area (Å²) in [5, 5.41) is 8.85. The molecule has 0 spiro atoms. The fourth-order valence-electron chi connectivity index (χ4n) is 6.45. The number of furan rings is 1. The molecule has 3 atom stereocenters. The monoisotopic (exact) mass is 862 g/mol. The first-order chi connectivity index (χ1) is 29.9. The van der Waals surface area contributed by atoms with Gasteiger partial charge in [-0.25, -0.2) is 9.59 Å². The number of hydrogen-bond donors (Lipinski definition) is 3. The molecular weight excluding hydrogens is 801 g/mol. The van der Waals surface area contributed by atoms with Crippen LogP contribution >= 0.6 is 0 Å². The van der Waals surface area contributed by atoms with Gasteiger partial charge in [0.15, 0.2) is 5.76 Å². The van der Waals surface area contributed by atoms with Crippen molar-refractivity contribution in [2.75, 3.05) is 26.5 Å². The largest absolute Gasteiger partial charge is 0.493 e. The smallest absolute Gasteiger partial charge is 0.363 e. The van der Waals surface area contributed by atoms with E-state index in [9.17, 15) is 33.6 Å². The van der Waals surface area contributed by atoms with E-state index in [0.29, 0.717) is 55.2 Å². The van der Waals surface area contributed by atoms with Crippen molar-refractivity contribution < 1.29 is 57.0 Å². The van der Waals surface area contributed by atoms with Crippen LogP contribution in [-0.4, -0.2) is 85.7 Å². The van der Waals surface area contributed by atoms with Crippen molar-refractivity contribution in [2.45, 2.75) is 118 Å². The summed E-state index contributed by atoms with van der Waals surface area (Å²) in [5.41, 5.74) is 1.52. The van der Waals surface area contributed by atoms with Crippen molar-refractivity contribution >= 4 is 42.0 Å². The van der Waals surface area contributed by atoms with Gasteiger partial charge in [0.05, 0.1) is 56.0 Å². The Morgan fingerprint density at radius 1 is 0.790 bits per heavy atom. The Labute approximate surface area is 363 Å². The lowest BCUT2D eigenvalue weighted by Gasteiger charge is -2.32. The van der Waals surface area contributed by atoms with E-state index >= 15 is 0 Å². The van der Waals surface area contributed by atoms with E-state index in [1.54, 1.807) is 63.2 Å². The molecule has 338 valence electrons. The Morgan fingerprint density at radius 2 is 1.50 bits per heavy atom. The molecule has 1 heterocycles. The van der Waals surface area contributed by atoms with Gasteiger partial charge in [-0.15, -0.1) is 0 Å². The second-order valence-corrected chi connectivity index (χ2v) is 14.6. The second-order valence-electron chi connectivity index (χ2n) is 14.6. The number of amides is 4. The number of rotatable bonds is 28. The van der Waals surface area contributed by atoms with Crippen molar-refractivity contribution in [2.24, 2.45) is 5.92 Å². The lowest BCUT2D eigenvalue weighted by molar-refractivity contribution is -0.171. The van der Waals surface area contributed by atoms with Crippen LogP contribution in [0.4, 0.5) is 0 Å². The van der Waals surface area contributed by atoms with Crippen molar-refractivity contribution in [3.63, 3.8) is 0 Å². The van der Waals surface area contributed by atoms with Crippen molar-refractivity contribution in [3.8, 4) is 17.1 Å². The lowest BCUT2D eigenvalue weighted by Crippen LogP contribution is -2.49. The Kier molecular flexibility index (Phi) is 21.8. The first-order valence-electron chi connectivity index (χ1n) is 21.5. The highest BCUT2D eigenvalue weighted by Crippen LogP contribution is 2.30. The predicted octanol–water partition coefficient (Wildman–Crippen LogP) is 6.84. The molecule has 3 aromatic rings. The number of hydrogen-bond acceptors (Lipinski definition) is 12. The molecule has 62 heavy (non-hydrogen) atoms. The zero-order chi connectivity index (χ0) is 45.4. The van der Waals surface area contributed by atoms with Crippen LogP contribution in [0.3, 0.4) is 0 Å². The molecule has 1 aromatic heterocycles. The number of unbranched alkanes of at least 4 members (excludes halogenated alkanes) is 4. The zero-order valence-electron chi connectivity index (χ0n) is 36.8. The molecule has 0 saturated heterocycles. The summed E-state index contributed by atoms with van der Waals surface area (Å²) in [6, 6.07) is 12.4. The quantitative estimate of drug-likeness (QED) is 0.0226. The van der Waals surface area contributed by atoms with E-state index in [4.69, 9.17) is 23.5 Å². The Morgan fingerprint density at radius 3 is 2.16 bits per heavy atom.